The highest BCUT2D eigenvalue weighted by atomic mass is 15.2. The number of benzene rings is 1. The highest BCUT2D eigenvalue weighted by molar-refractivity contribution is 5.25. The minimum absolute atomic E-state index is 0.544. The molecule has 0 radical (unpaired) electrons. The van der Waals surface area contributed by atoms with Crippen LogP contribution in [0.5, 0.6) is 0 Å². The summed E-state index contributed by atoms with van der Waals surface area (Å²) in [5.41, 5.74) is 8.74. The first-order valence-corrected chi connectivity index (χ1v) is 7.27. The van der Waals surface area contributed by atoms with Crippen LogP contribution in [0.2, 0.25) is 0 Å². The van der Waals surface area contributed by atoms with Crippen LogP contribution in [0.15, 0.2) is 24.3 Å². The third kappa shape index (κ3) is 2.93. The molecule has 2 heteroatoms. The quantitative estimate of drug-likeness (QED) is 0.865. The van der Waals surface area contributed by atoms with Gasteiger partial charge in [-0.3, -0.25) is 4.90 Å². The third-order valence-electron chi connectivity index (χ3n) is 4.15. The van der Waals surface area contributed by atoms with Crippen molar-refractivity contribution in [1.82, 2.24) is 4.90 Å². The molecule has 1 aliphatic rings. The van der Waals surface area contributed by atoms with Gasteiger partial charge in [0, 0.05) is 6.04 Å². The second-order valence-corrected chi connectivity index (χ2v) is 5.53. The molecule has 2 nitrogen and oxygen atoms in total. The van der Waals surface area contributed by atoms with Crippen molar-refractivity contribution >= 4 is 0 Å². The second kappa shape index (κ2) is 6.35. The predicted molar refractivity (Wildman–Crippen MR) is 77.6 cm³/mol. The van der Waals surface area contributed by atoms with Crippen molar-refractivity contribution in [3.63, 3.8) is 0 Å². The van der Waals surface area contributed by atoms with Gasteiger partial charge >= 0.3 is 0 Å². The number of aryl methyl sites for hydroxylation is 1. The molecule has 2 N–H and O–H groups in total. The van der Waals surface area contributed by atoms with Gasteiger partial charge in [-0.15, -0.1) is 0 Å². The van der Waals surface area contributed by atoms with Crippen LogP contribution in [0, 0.1) is 12.8 Å². The minimum Gasteiger partial charge on any atom is -0.330 e. The van der Waals surface area contributed by atoms with E-state index in [1.165, 1.54) is 43.5 Å². The Bertz CT molecular complexity index is 358. The Balaban J connectivity index is 2.15. The lowest BCUT2D eigenvalue weighted by molar-refractivity contribution is 0.227. The molecule has 1 saturated heterocycles. The number of hydrogen-bond donors (Lipinski definition) is 1. The fraction of sp³-hybridized carbons (Fsp3) is 0.625. The topological polar surface area (TPSA) is 29.3 Å². The molecule has 1 aliphatic heterocycles. The zero-order chi connectivity index (χ0) is 13.0. The lowest BCUT2D eigenvalue weighted by atomic mass is 9.93. The molecule has 0 amide bonds. The summed E-state index contributed by atoms with van der Waals surface area (Å²) in [5.74, 6) is 0.629. The number of hydrogen-bond acceptors (Lipinski definition) is 2. The second-order valence-electron chi connectivity index (χ2n) is 5.53. The first kappa shape index (κ1) is 13.6. The minimum atomic E-state index is 0.544. The van der Waals surface area contributed by atoms with Crippen LogP contribution < -0.4 is 5.73 Å². The molecular formula is C16H26N2. The zero-order valence-electron chi connectivity index (χ0n) is 11.7. The monoisotopic (exact) mass is 246 g/mol. The summed E-state index contributed by atoms with van der Waals surface area (Å²) in [6, 6.07) is 9.56. The molecule has 0 saturated carbocycles. The average molecular weight is 246 g/mol. The van der Waals surface area contributed by atoms with Crippen LogP contribution in [0.3, 0.4) is 0 Å². The molecule has 18 heavy (non-hydrogen) atoms. The molecule has 0 spiro atoms. The molecule has 1 fully saturated rings. The first-order chi connectivity index (χ1) is 8.76. The van der Waals surface area contributed by atoms with Crippen LogP contribution in [0.4, 0.5) is 0 Å². The van der Waals surface area contributed by atoms with E-state index in [0.29, 0.717) is 12.0 Å². The fourth-order valence-corrected chi connectivity index (χ4v) is 3.03. The Kier molecular flexibility index (Phi) is 4.79. The summed E-state index contributed by atoms with van der Waals surface area (Å²) in [5, 5.41) is 0. The predicted octanol–water partition coefficient (Wildman–Crippen LogP) is 3.12. The van der Waals surface area contributed by atoms with E-state index in [-0.39, 0.29) is 0 Å². The average Bonchev–Trinajstić information content (AvgIpc) is 2.80. The van der Waals surface area contributed by atoms with E-state index in [2.05, 4.69) is 43.0 Å². The van der Waals surface area contributed by atoms with Crippen molar-refractivity contribution in [2.45, 2.75) is 39.2 Å². The Morgan fingerprint density at radius 1 is 1.28 bits per heavy atom. The van der Waals surface area contributed by atoms with E-state index < -0.39 is 0 Å². The van der Waals surface area contributed by atoms with E-state index in [4.69, 9.17) is 5.73 Å². The molecule has 1 heterocycles. The zero-order valence-corrected chi connectivity index (χ0v) is 11.7. The normalized spacial score (nSPS) is 24.6. The molecule has 2 unspecified atom stereocenters. The van der Waals surface area contributed by atoms with Gasteiger partial charge < -0.3 is 5.73 Å². The van der Waals surface area contributed by atoms with Gasteiger partial charge in [-0.2, -0.15) is 0 Å². The summed E-state index contributed by atoms with van der Waals surface area (Å²) in [6.07, 6.45) is 3.81. The van der Waals surface area contributed by atoms with Gasteiger partial charge in [-0.05, 0) is 50.9 Å². The van der Waals surface area contributed by atoms with Gasteiger partial charge in [0.2, 0.25) is 0 Å². The van der Waals surface area contributed by atoms with Crippen LogP contribution in [-0.4, -0.2) is 24.5 Å². The van der Waals surface area contributed by atoms with Gasteiger partial charge in [-0.25, -0.2) is 0 Å². The van der Waals surface area contributed by atoms with Crippen molar-refractivity contribution in [2.75, 3.05) is 19.6 Å². The standard InChI is InChI=1S/C16H26N2/c1-3-4-10-18-11-9-15(12-17)16(18)14-7-5-13(2)6-8-14/h5-8,15-16H,3-4,9-12,17H2,1-2H3. The maximum atomic E-state index is 5.96. The third-order valence-corrected chi connectivity index (χ3v) is 4.15. The number of unbranched alkanes of at least 4 members (excludes halogenated alkanes) is 1. The van der Waals surface area contributed by atoms with Crippen LogP contribution in [0.25, 0.3) is 0 Å². The Morgan fingerprint density at radius 2 is 2.00 bits per heavy atom. The lowest BCUT2D eigenvalue weighted by Crippen LogP contribution is -2.29. The molecule has 1 aromatic carbocycles. The Labute approximate surface area is 111 Å². The van der Waals surface area contributed by atoms with Crippen LogP contribution >= 0.6 is 0 Å². The summed E-state index contributed by atoms with van der Waals surface area (Å²) in [6.45, 7) is 7.64. The fourth-order valence-electron chi connectivity index (χ4n) is 3.03. The maximum Gasteiger partial charge on any atom is 0.0388 e. The van der Waals surface area contributed by atoms with E-state index in [1.54, 1.807) is 0 Å². The molecular weight excluding hydrogens is 220 g/mol. The molecule has 1 aromatic rings. The van der Waals surface area contributed by atoms with Crippen molar-refractivity contribution in [3.05, 3.63) is 35.4 Å². The van der Waals surface area contributed by atoms with Crippen LogP contribution in [0.1, 0.15) is 43.4 Å². The molecule has 100 valence electrons. The Hall–Kier alpha value is -0.860. The van der Waals surface area contributed by atoms with E-state index in [1.807, 2.05) is 0 Å². The summed E-state index contributed by atoms with van der Waals surface area (Å²) >= 11 is 0. The Morgan fingerprint density at radius 3 is 2.61 bits per heavy atom. The highest BCUT2D eigenvalue weighted by Crippen LogP contribution is 2.36. The van der Waals surface area contributed by atoms with E-state index >= 15 is 0 Å². The smallest absolute Gasteiger partial charge is 0.0388 e. The summed E-state index contributed by atoms with van der Waals surface area (Å²) in [7, 11) is 0. The summed E-state index contributed by atoms with van der Waals surface area (Å²) < 4.78 is 0. The van der Waals surface area contributed by atoms with Gasteiger partial charge in [0.15, 0.2) is 0 Å². The maximum absolute atomic E-state index is 5.96. The van der Waals surface area contributed by atoms with Crippen molar-refractivity contribution < 1.29 is 0 Å². The van der Waals surface area contributed by atoms with Crippen molar-refractivity contribution in [2.24, 2.45) is 11.7 Å². The van der Waals surface area contributed by atoms with Gasteiger partial charge in [0.1, 0.15) is 0 Å². The molecule has 2 rings (SSSR count). The summed E-state index contributed by atoms with van der Waals surface area (Å²) in [4.78, 5) is 2.63. The molecule has 2 atom stereocenters. The number of rotatable bonds is 5. The van der Waals surface area contributed by atoms with Crippen molar-refractivity contribution in [3.8, 4) is 0 Å². The van der Waals surface area contributed by atoms with Crippen LogP contribution in [-0.2, 0) is 0 Å². The van der Waals surface area contributed by atoms with Gasteiger partial charge in [0.05, 0.1) is 0 Å². The lowest BCUT2D eigenvalue weighted by Gasteiger charge is -2.28. The van der Waals surface area contributed by atoms with E-state index in [9.17, 15) is 0 Å². The molecule has 0 bridgehead atoms. The van der Waals surface area contributed by atoms with Gasteiger partial charge in [0.25, 0.3) is 0 Å². The van der Waals surface area contributed by atoms with Crippen molar-refractivity contribution in [1.29, 1.82) is 0 Å². The largest absolute Gasteiger partial charge is 0.330 e. The number of likely N-dealkylation sites (tertiary alicyclic amines) is 1. The number of nitrogens with zero attached hydrogens (tertiary/aromatic N) is 1. The first-order valence-electron chi connectivity index (χ1n) is 7.27. The highest BCUT2D eigenvalue weighted by Gasteiger charge is 2.33. The number of nitrogens with two attached hydrogens (primary N) is 1. The molecule has 0 aliphatic carbocycles. The molecule has 0 aromatic heterocycles. The van der Waals surface area contributed by atoms with Gasteiger partial charge in [-0.1, -0.05) is 43.2 Å². The van der Waals surface area contributed by atoms with E-state index in [0.717, 1.165) is 6.54 Å². The SMILES string of the molecule is CCCCN1CCC(CN)C1c1ccc(C)cc1.